The quantitative estimate of drug-likeness (QED) is 0.327. The van der Waals surface area contributed by atoms with Crippen LogP contribution in [0.5, 0.6) is 0 Å². The number of carbonyl (C=O) groups is 3. The van der Waals surface area contributed by atoms with Gasteiger partial charge in [-0.15, -0.1) is 0 Å². The molecule has 0 aliphatic carbocycles. The molecule has 0 saturated heterocycles. The molecule has 2 N–H and O–H groups in total. The van der Waals surface area contributed by atoms with Crippen LogP contribution in [0.1, 0.15) is 57.9 Å². The predicted molar refractivity (Wildman–Crippen MR) is 124 cm³/mol. The van der Waals surface area contributed by atoms with E-state index in [0.29, 0.717) is 32.6 Å². The van der Waals surface area contributed by atoms with E-state index < -0.39 is 27.8 Å². The van der Waals surface area contributed by atoms with Crippen molar-refractivity contribution in [2.75, 3.05) is 26.4 Å². The van der Waals surface area contributed by atoms with Gasteiger partial charge in [-0.1, -0.05) is 18.5 Å². The lowest BCUT2D eigenvalue weighted by atomic mass is 10.2. The van der Waals surface area contributed by atoms with Gasteiger partial charge >= 0.3 is 5.97 Å². The minimum absolute atomic E-state index is 0.0116. The summed E-state index contributed by atoms with van der Waals surface area (Å²) >= 11 is 6.06. The molecule has 0 spiro atoms. The summed E-state index contributed by atoms with van der Waals surface area (Å²) in [4.78, 5) is 40.2. The van der Waals surface area contributed by atoms with E-state index in [4.69, 9.17) is 21.1 Å². The zero-order valence-electron chi connectivity index (χ0n) is 18.8. The van der Waals surface area contributed by atoms with Crippen LogP contribution in [0.2, 0.25) is 5.02 Å². The molecule has 184 valence electrons. The maximum Gasteiger partial charge on any atom is 0.356 e. The second kappa shape index (κ2) is 13.0. The van der Waals surface area contributed by atoms with Gasteiger partial charge in [-0.3, -0.25) is 9.59 Å². The average Bonchev–Trinajstić information content (AvgIpc) is 2.82. The summed E-state index contributed by atoms with van der Waals surface area (Å²) in [5, 5.41) is 2.70. The zero-order chi connectivity index (χ0) is 25.1. The molecule has 2 amide bonds. The number of nitrogens with one attached hydrogen (secondary N) is 2. The number of sulfonamides is 1. The number of halogens is 1. The number of amides is 2. The van der Waals surface area contributed by atoms with Crippen LogP contribution in [-0.4, -0.2) is 57.6 Å². The summed E-state index contributed by atoms with van der Waals surface area (Å²) in [5.41, 5.74) is -0.149. The maximum absolute atomic E-state index is 12.7. The van der Waals surface area contributed by atoms with Crippen LogP contribution in [0.25, 0.3) is 0 Å². The van der Waals surface area contributed by atoms with Gasteiger partial charge in [0.2, 0.25) is 0 Å². The zero-order valence-corrected chi connectivity index (χ0v) is 20.4. The highest BCUT2D eigenvalue weighted by atomic mass is 35.5. The summed E-state index contributed by atoms with van der Waals surface area (Å²) in [5.74, 6) is -2.16. The summed E-state index contributed by atoms with van der Waals surface area (Å²) in [6, 6.07) is 6.03. The number of ether oxygens (including phenoxy) is 2. The largest absolute Gasteiger partial charge is 0.461 e. The fraction of sp³-hybridized carbons (Fsp3) is 0.364. The van der Waals surface area contributed by atoms with Gasteiger partial charge in [0.15, 0.2) is 0 Å². The average molecular weight is 512 g/mol. The standard InChI is InChI=1S/C22H26ClN3O7S/c1-3-11-33-22(29)19-9-6-15(14-25-19)20(27)26-34(30,31)16-7-8-18(23)17(13-16)21(28)24-10-5-12-32-4-2/h6-9,13-14H,3-5,10-12H2,1-2H3,(H,24,28)(H,26,27). The molecule has 12 heteroatoms. The number of nitrogens with zero attached hydrogens (tertiary/aromatic N) is 1. The SMILES string of the molecule is CCCOC(=O)c1ccc(C(=O)NS(=O)(=O)c2ccc(Cl)c(C(=O)NCCCOCC)c2)cn1. The lowest BCUT2D eigenvalue weighted by Gasteiger charge is -2.11. The smallest absolute Gasteiger partial charge is 0.356 e. The molecule has 0 bridgehead atoms. The van der Waals surface area contributed by atoms with Crippen LogP contribution in [-0.2, 0) is 19.5 Å². The van der Waals surface area contributed by atoms with Gasteiger partial charge < -0.3 is 14.8 Å². The summed E-state index contributed by atoms with van der Waals surface area (Å²) in [6.07, 6.45) is 2.29. The van der Waals surface area contributed by atoms with Crippen molar-refractivity contribution in [2.45, 2.75) is 31.6 Å². The Morgan fingerprint density at radius 1 is 1.06 bits per heavy atom. The Morgan fingerprint density at radius 3 is 2.47 bits per heavy atom. The second-order valence-electron chi connectivity index (χ2n) is 6.95. The van der Waals surface area contributed by atoms with Crippen LogP contribution in [0.15, 0.2) is 41.4 Å². The second-order valence-corrected chi connectivity index (χ2v) is 9.04. The summed E-state index contributed by atoms with van der Waals surface area (Å²) in [6.45, 7) is 5.29. The number of hydrogen-bond donors (Lipinski definition) is 2. The topological polar surface area (TPSA) is 141 Å². The Kier molecular flexibility index (Phi) is 10.4. The molecular formula is C22H26ClN3O7S. The van der Waals surface area contributed by atoms with Crippen molar-refractivity contribution in [3.63, 3.8) is 0 Å². The number of hydrogen-bond acceptors (Lipinski definition) is 8. The third-order valence-corrected chi connectivity index (χ3v) is 6.01. The normalized spacial score (nSPS) is 11.0. The highest BCUT2D eigenvalue weighted by Crippen LogP contribution is 2.21. The first-order valence-electron chi connectivity index (χ1n) is 10.6. The first kappa shape index (κ1) is 27.2. The van der Waals surface area contributed by atoms with Crippen molar-refractivity contribution in [3.8, 4) is 0 Å². The molecule has 0 fully saturated rings. The van der Waals surface area contributed by atoms with Crippen LogP contribution in [0.4, 0.5) is 0 Å². The van der Waals surface area contributed by atoms with Crippen molar-refractivity contribution in [1.82, 2.24) is 15.0 Å². The van der Waals surface area contributed by atoms with Gasteiger partial charge in [0.05, 0.1) is 27.7 Å². The van der Waals surface area contributed by atoms with Gasteiger partial charge in [0.25, 0.3) is 21.8 Å². The Bertz CT molecular complexity index is 1120. The molecule has 1 heterocycles. The van der Waals surface area contributed by atoms with Crippen molar-refractivity contribution >= 4 is 39.4 Å². The lowest BCUT2D eigenvalue weighted by molar-refractivity contribution is 0.0497. The number of rotatable bonds is 12. The highest BCUT2D eigenvalue weighted by molar-refractivity contribution is 7.90. The third kappa shape index (κ3) is 7.79. The van der Waals surface area contributed by atoms with Crippen molar-refractivity contribution in [1.29, 1.82) is 0 Å². The molecular weight excluding hydrogens is 486 g/mol. The van der Waals surface area contributed by atoms with Gasteiger partial charge in [0, 0.05) is 26.0 Å². The molecule has 2 aromatic rings. The van der Waals surface area contributed by atoms with E-state index >= 15 is 0 Å². The molecule has 1 aromatic heterocycles. The molecule has 0 radical (unpaired) electrons. The molecule has 34 heavy (non-hydrogen) atoms. The molecule has 1 aromatic carbocycles. The van der Waals surface area contributed by atoms with Crippen LogP contribution < -0.4 is 10.0 Å². The molecule has 0 saturated carbocycles. The van der Waals surface area contributed by atoms with Crippen molar-refractivity contribution < 1.29 is 32.3 Å². The van der Waals surface area contributed by atoms with E-state index in [-0.39, 0.29) is 33.3 Å². The first-order chi connectivity index (χ1) is 16.2. The van der Waals surface area contributed by atoms with Gasteiger partial charge in [-0.2, -0.15) is 0 Å². The predicted octanol–water partition coefficient (Wildman–Crippen LogP) is 2.58. The van der Waals surface area contributed by atoms with Crippen molar-refractivity contribution in [3.05, 3.63) is 58.4 Å². The van der Waals surface area contributed by atoms with Crippen LogP contribution >= 0.6 is 11.6 Å². The fourth-order valence-electron chi connectivity index (χ4n) is 2.62. The first-order valence-corrected chi connectivity index (χ1v) is 12.4. The molecule has 0 aliphatic heterocycles. The molecule has 0 aliphatic rings. The number of carbonyl (C=O) groups excluding carboxylic acids is 3. The minimum Gasteiger partial charge on any atom is -0.461 e. The van der Waals surface area contributed by atoms with Crippen LogP contribution in [0.3, 0.4) is 0 Å². The number of esters is 1. The number of pyridine rings is 1. The van der Waals surface area contributed by atoms with E-state index in [1.807, 2.05) is 18.6 Å². The van der Waals surface area contributed by atoms with Gasteiger partial charge in [-0.25, -0.2) is 22.9 Å². The monoisotopic (exact) mass is 511 g/mol. The van der Waals surface area contributed by atoms with Crippen molar-refractivity contribution in [2.24, 2.45) is 0 Å². The van der Waals surface area contributed by atoms with Gasteiger partial charge in [0.1, 0.15) is 5.69 Å². The number of aromatic nitrogens is 1. The summed E-state index contributed by atoms with van der Waals surface area (Å²) < 4.78 is 37.5. The Hall–Kier alpha value is -3.02. The summed E-state index contributed by atoms with van der Waals surface area (Å²) in [7, 11) is -4.33. The van der Waals surface area contributed by atoms with Gasteiger partial charge in [-0.05, 0) is 50.1 Å². The minimum atomic E-state index is -4.33. The third-order valence-electron chi connectivity index (χ3n) is 4.35. The van der Waals surface area contributed by atoms with Crippen LogP contribution in [0, 0.1) is 0 Å². The van der Waals surface area contributed by atoms with E-state index in [1.165, 1.54) is 24.3 Å². The molecule has 10 nitrogen and oxygen atoms in total. The lowest BCUT2D eigenvalue weighted by Crippen LogP contribution is -2.31. The molecule has 2 rings (SSSR count). The molecule has 0 unspecified atom stereocenters. The Labute approximate surface area is 203 Å². The fourth-order valence-corrected chi connectivity index (χ4v) is 3.82. The number of benzene rings is 1. The maximum atomic E-state index is 12.7. The van der Waals surface area contributed by atoms with E-state index in [2.05, 4.69) is 10.3 Å². The Morgan fingerprint density at radius 2 is 1.82 bits per heavy atom. The highest BCUT2D eigenvalue weighted by Gasteiger charge is 2.22. The van der Waals surface area contributed by atoms with E-state index in [0.717, 1.165) is 12.3 Å². The Balaban J connectivity index is 2.09. The van der Waals surface area contributed by atoms with E-state index in [9.17, 15) is 22.8 Å². The van der Waals surface area contributed by atoms with E-state index in [1.54, 1.807) is 0 Å². The molecule has 0 atom stereocenters.